The summed E-state index contributed by atoms with van der Waals surface area (Å²) in [6.07, 6.45) is 3.31. The molecule has 1 amide bonds. The molecule has 0 spiro atoms. The van der Waals surface area contributed by atoms with Crippen LogP contribution < -0.4 is 5.32 Å². The Morgan fingerprint density at radius 3 is 3.06 bits per heavy atom. The Kier molecular flexibility index (Phi) is 2.48. The van der Waals surface area contributed by atoms with Gasteiger partial charge in [-0.05, 0) is 24.0 Å². The fourth-order valence-corrected chi connectivity index (χ4v) is 2.30. The number of aryl methyl sites for hydroxylation is 1. The molecule has 0 aromatic heterocycles. The molecule has 1 unspecified atom stereocenters. The molecule has 1 aromatic rings. The fraction of sp³-hybridized carbons (Fsp3) is 0.308. The molecular weight excluding hydrogens is 218 g/mol. The Balaban J connectivity index is 1.73. The number of hydrogen-bond donors (Lipinski definition) is 1. The molecule has 0 fully saturated rings. The van der Waals surface area contributed by atoms with E-state index in [0.29, 0.717) is 0 Å². The SMILES string of the molecule is O=C(NC1CCc2ccccc21)C1=COCO1. The van der Waals surface area contributed by atoms with Crippen molar-refractivity contribution in [3.05, 3.63) is 47.4 Å². The number of nitrogens with one attached hydrogen (secondary N) is 1. The van der Waals surface area contributed by atoms with E-state index in [9.17, 15) is 4.79 Å². The highest BCUT2D eigenvalue weighted by Crippen LogP contribution is 2.30. The van der Waals surface area contributed by atoms with Crippen molar-refractivity contribution in [2.24, 2.45) is 0 Å². The van der Waals surface area contributed by atoms with Crippen LogP contribution in [0.4, 0.5) is 0 Å². The van der Waals surface area contributed by atoms with Gasteiger partial charge in [-0.15, -0.1) is 0 Å². The third-order valence-electron chi connectivity index (χ3n) is 3.13. The third kappa shape index (κ3) is 1.86. The van der Waals surface area contributed by atoms with Crippen molar-refractivity contribution >= 4 is 5.91 Å². The summed E-state index contributed by atoms with van der Waals surface area (Å²) >= 11 is 0. The lowest BCUT2D eigenvalue weighted by molar-refractivity contribution is -0.121. The minimum absolute atomic E-state index is 0.0869. The Hall–Kier alpha value is -1.97. The number of carbonyl (C=O) groups is 1. The molecule has 0 radical (unpaired) electrons. The van der Waals surface area contributed by atoms with Crippen LogP contribution in [0.1, 0.15) is 23.6 Å². The molecular formula is C13H13NO3. The summed E-state index contributed by atoms with van der Waals surface area (Å²) < 4.78 is 9.91. The maximum atomic E-state index is 11.8. The predicted octanol–water partition coefficient (Wildman–Crippen LogP) is 1.64. The van der Waals surface area contributed by atoms with Crippen molar-refractivity contribution in [2.45, 2.75) is 18.9 Å². The van der Waals surface area contributed by atoms with Gasteiger partial charge in [-0.1, -0.05) is 24.3 Å². The highest BCUT2D eigenvalue weighted by atomic mass is 16.7. The van der Waals surface area contributed by atoms with Crippen LogP contribution in [0.3, 0.4) is 0 Å². The van der Waals surface area contributed by atoms with Gasteiger partial charge in [-0.2, -0.15) is 0 Å². The molecule has 1 atom stereocenters. The molecule has 1 aliphatic heterocycles. The van der Waals surface area contributed by atoms with Crippen molar-refractivity contribution in [3.8, 4) is 0 Å². The molecule has 0 saturated heterocycles. The minimum Gasteiger partial charge on any atom is -0.461 e. The first-order valence-corrected chi connectivity index (χ1v) is 5.68. The van der Waals surface area contributed by atoms with Gasteiger partial charge >= 0.3 is 0 Å². The van der Waals surface area contributed by atoms with Crippen LogP contribution in [0.5, 0.6) is 0 Å². The standard InChI is InChI=1S/C13H13NO3/c15-13(12-7-16-8-17-12)14-11-6-5-9-3-1-2-4-10(9)11/h1-4,7,11H,5-6,8H2,(H,14,15). The first kappa shape index (κ1) is 10.2. The molecule has 4 heteroatoms. The largest absolute Gasteiger partial charge is 0.461 e. The van der Waals surface area contributed by atoms with Gasteiger partial charge in [0, 0.05) is 0 Å². The number of carbonyl (C=O) groups excluding carboxylic acids is 1. The van der Waals surface area contributed by atoms with E-state index >= 15 is 0 Å². The lowest BCUT2D eigenvalue weighted by atomic mass is 10.1. The van der Waals surface area contributed by atoms with Crippen LogP contribution in [0.25, 0.3) is 0 Å². The summed E-state index contributed by atoms with van der Waals surface area (Å²) in [5.41, 5.74) is 2.52. The minimum atomic E-state index is -0.204. The number of hydrogen-bond acceptors (Lipinski definition) is 3. The Labute approximate surface area is 99.2 Å². The molecule has 1 aliphatic carbocycles. The zero-order chi connectivity index (χ0) is 11.7. The maximum Gasteiger partial charge on any atom is 0.290 e. The molecule has 1 N–H and O–H groups in total. The van der Waals surface area contributed by atoms with E-state index in [1.165, 1.54) is 17.4 Å². The summed E-state index contributed by atoms with van der Waals surface area (Å²) in [4.78, 5) is 11.8. The van der Waals surface area contributed by atoms with E-state index in [1.54, 1.807) is 0 Å². The molecule has 3 rings (SSSR count). The van der Waals surface area contributed by atoms with E-state index < -0.39 is 0 Å². The van der Waals surface area contributed by atoms with Crippen LogP contribution in [0, 0.1) is 0 Å². The van der Waals surface area contributed by atoms with Crippen LogP contribution in [-0.4, -0.2) is 12.7 Å². The van der Waals surface area contributed by atoms with Crippen molar-refractivity contribution < 1.29 is 14.3 Å². The number of fused-ring (bicyclic) bond motifs is 1. The smallest absolute Gasteiger partial charge is 0.290 e. The van der Waals surface area contributed by atoms with Gasteiger partial charge in [-0.25, -0.2) is 0 Å². The first-order valence-electron chi connectivity index (χ1n) is 5.68. The Bertz CT molecular complexity index is 481. The molecule has 17 heavy (non-hydrogen) atoms. The average Bonchev–Trinajstić information content (AvgIpc) is 2.98. The second kappa shape index (κ2) is 4.13. The van der Waals surface area contributed by atoms with Crippen LogP contribution in [0.2, 0.25) is 0 Å². The molecule has 1 heterocycles. The average molecular weight is 231 g/mol. The van der Waals surface area contributed by atoms with Gasteiger partial charge in [0.15, 0.2) is 0 Å². The van der Waals surface area contributed by atoms with E-state index in [0.717, 1.165) is 12.8 Å². The number of ether oxygens (including phenoxy) is 2. The second-order valence-electron chi connectivity index (χ2n) is 4.17. The van der Waals surface area contributed by atoms with E-state index in [2.05, 4.69) is 17.4 Å². The number of amides is 1. The Morgan fingerprint density at radius 1 is 1.35 bits per heavy atom. The highest BCUT2D eigenvalue weighted by Gasteiger charge is 2.26. The normalized spacial score (nSPS) is 21.2. The van der Waals surface area contributed by atoms with Gasteiger partial charge in [0.2, 0.25) is 12.6 Å². The maximum absolute atomic E-state index is 11.8. The zero-order valence-corrected chi connectivity index (χ0v) is 9.31. The van der Waals surface area contributed by atoms with E-state index in [-0.39, 0.29) is 24.5 Å². The van der Waals surface area contributed by atoms with E-state index in [1.807, 2.05) is 12.1 Å². The van der Waals surface area contributed by atoms with Crippen LogP contribution in [-0.2, 0) is 20.7 Å². The molecule has 0 bridgehead atoms. The van der Waals surface area contributed by atoms with E-state index in [4.69, 9.17) is 9.47 Å². The van der Waals surface area contributed by atoms with Gasteiger partial charge in [0.1, 0.15) is 6.26 Å². The quantitative estimate of drug-likeness (QED) is 0.841. The first-order chi connectivity index (χ1) is 8.34. The van der Waals surface area contributed by atoms with Crippen LogP contribution >= 0.6 is 0 Å². The highest BCUT2D eigenvalue weighted by molar-refractivity contribution is 5.91. The molecule has 4 nitrogen and oxygen atoms in total. The van der Waals surface area contributed by atoms with Crippen LogP contribution in [0.15, 0.2) is 36.3 Å². The lowest BCUT2D eigenvalue weighted by Gasteiger charge is -2.13. The van der Waals surface area contributed by atoms with Gasteiger partial charge in [0.25, 0.3) is 5.91 Å². The zero-order valence-electron chi connectivity index (χ0n) is 9.31. The fourth-order valence-electron chi connectivity index (χ4n) is 2.30. The Morgan fingerprint density at radius 2 is 2.24 bits per heavy atom. The van der Waals surface area contributed by atoms with Crippen molar-refractivity contribution in [1.29, 1.82) is 0 Å². The number of benzene rings is 1. The van der Waals surface area contributed by atoms with Crippen molar-refractivity contribution in [2.75, 3.05) is 6.79 Å². The second-order valence-corrected chi connectivity index (χ2v) is 4.17. The van der Waals surface area contributed by atoms with Gasteiger partial charge in [-0.3, -0.25) is 4.79 Å². The van der Waals surface area contributed by atoms with Gasteiger partial charge in [0.05, 0.1) is 6.04 Å². The monoisotopic (exact) mass is 231 g/mol. The summed E-state index contributed by atoms with van der Waals surface area (Å²) in [6.45, 7) is 0.129. The molecule has 0 saturated carbocycles. The summed E-state index contributed by atoms with van der Waals surface area (Å²) in [6, 6.07) is 8.28. The lowest BCUT2D eigenvalue weighted by Crippen LogP contribution is -2.28. The summed E-state index contributed by atoms with van der Waals surface area (Å²) in [7, 11) is 0. The summed E-state index contributed by atoms with van der Waals surface area (Å²) in [5, 5.41) is 2.96. The predicted molar refractivity (Wildman–Crippen MR) is 60.8 cm³/mol. The third-order valence-corrected chi connectivity index (χ3v) is 3.13. The van der Waals surface area contributed by atoms with Crippen molar-refractivity contribution in [3.63, 3.8) is 0 Å². The molecule has 88 valence electrons. The van der Waals surface area contributed by atoms with Crippen molar-refractivity contribution in [1.82, 2.24) is 5.32 Å². The molecule has 2 aliphatic rings. The molecule has 1 aromatic carbocycles. The number of rotatable bonds is 2. The summed E-state index contributed by atoms with van der Waals surface area (Å²) in [5.74, 6) is 0.0542. The van der Waals surface area contributed by atoms with Gasteiger partial charge < -0.3 is 14.8 Å². The topological polar surface area (TPSA) is 47.6 Å².